The van der Waals surface area contributed by atoms with Gasteiger partial charge in [0, 0.05) is 35.7 Å². The van der Waals surface area contributed by atoms with Crippen molar-refractivity contribution in [3.05, 3.63) is 28.5 Å². The van der Waals surface area contributed by atoms with Gasteiger partial charge in [-0.1, -0.05) is 0 Å². The molecular formula is C11H16BrClN2. The molecular weight excluding hydrogens is 275 g/mol. The van der Waals surface area contributed by atoms with Crippen molar-refractivity contribution in [2.24, 2.45) is 0 Å². The van der Waals surface area contributed by atoms with Crippen LogP contribution >= 0.6 is 27.5 Å². The summed E-state index contributed by atoms with van der Waals surface area (Å²) < 4.78 is 1.01. The van der Waals surface area contributed by atoms with Gasteiger partial charge in [-0.25, -0.2) is 0 Å². The SMILES string of the molecule is CC(C)N(CCCl)Cc1ccc(Br)cn1. The number of hydrogen-bond acceptors (Lipinski definition) is 2. The zero-order valence-corrected chi connectivity index (χ0v) is 11.4. The summed E-state index contributed by atoms with van der Waals surface area (Å²) in [6.07, 6.45) is 1.83. The van der Waals surface area contributed by atoms with Crippen LogP contribution < -0.4 is 0 Å². The molecule has 1 rings (SSSR count). The van der Waals surface area contributed by atoms with Crippen LogP contribution in [0.3, 0.4) is 0 Å². The number of rotatable bonds is 5. The Morgan fingerprint density at radius 1 is 1.47 bits per heavy atom. The third kappa shape index (κ3) is 4.49. The van der Waals surface area contributed by atoms with Gasteiger partial charge in [-0.2, -0.15) is 0 Å². The smallest absolute Gasteiger partial charge is 0.0544 e. The first-order chi connectivity index (χ1) is 7.13. The van der Waals surface area contributed by atoms with E-state index in [1.54, 1.807) is 0 Å². The number of hydrogen-bond donors (Lipinski definition) is 0. The summed E-state index contributed by atoms with van der Waals surface area (Å²) in [5.74, 6) is 0.661. The summed E-state index contributed by atoms with van der Waals surface area (Å²) in [5.41, 5.74) is 1.08. The van der Waals surface area contributed by atoms with Gasteiger partial charge in [0.1, 0.15) is 0 Å². The molecule has 1 aromatic heterocycles. The molecule has 15 heavy (non-hydrogen) atoms. The molecule has 0 saturated heterocycles. The first kappa shape index (κ1) is 12.9. The molecule has 0 amide bonds. The number of halogens is 2. The summed E-state index contributed by atoms with van der Waals surface area (Å²) in [6, 6.07) is 4.55. The highest BCUT2D eigenvalue weighted by Crippen LogP contribution is 2.10. The molecule has 84 valence electrons. The number of aromatic nitrogens is 1. The Kier molecular flexibility index (Phi) is 5.58. The van der Waals surface area contributed by atoms with E-state index in [1.807, 2.05) is 18.3 Å². The lowest BCUT2D eigenvalue weighted by Gasteiger charge is -2.24. The molecule has 1 aromatic rings. The zero-order chi connectivity index (χ0) is 11.3. The lowest BCUT2D eigenvalue weighted by Crippen LogP contribution is -2.32. The fourth-order valence-electron chi connectivity index (χ4n) is 1.34. The van der Waals surface area contributed by atoms with Gasteiger partial charge < -0.3 is 0 Å². The lowest BCUT2D eigenvalue weighted by atomic mass is 10.2. The summed E-state index contributed by atoms with van der Waals surface area (Å²) >= 11 is 9.14. The van der Waals surface area contributed by atoms with Crippen LogP contribution in [0, 0.1) is 0 Å². The van der Waals surface area contributed by atoms with Crippen LogP contribution in [0.4, 0.5) is 0 Å². The van der Waals surface area contributed by atoms with Crippen LogP contribution in [0.25, 0.3) is 0 Å². The van der Waals surface area contributed by atoms with Gasteiger partial charge in [-0.3, -0.25) is 9.88 Å². The summed E-state index contributed by atoms with van der Waals surface area (Å²) in [5, 5.41) is 0. The van der Waals surface area contributed by atoms with E-state index in [4.69, 9.17) is 11.6 Å². The lowest BCUT2D eigenvalue weighted by molar-refractivity contribution is 0.223. The van der Waals surface area contributed by atoms with Gasteiger partial charge in [-0.15, -0.1) is 11.6 Å². The van der Waals surface area contributed by atoms with Crippen LogP contribution in [-0.2, 0) is 6.54 Å². The molecule has 4 heteroatoms. The van der Waals surface area contributed by atoms with Crippen LogP contribution in [0.2, 0.25) is 0 Å². The average molecular weight is 292 g/mol. The van der Waals surface area contributed by atoms with Crippen molar-refractivity contribution in [1.29, 1.82) is 0 Å². The summed E-state index contributed by atoms with van der Waals surface area (Å²) in [4.78, 5) is 6.66. The minimum Gasteiger partial charge on any atom is -0.294 e. The van der Waals surface area contributed by atoms with Crippen molar-refractivity contribution in [2.75, 3.05) is 12.4 Å². The Labute approximate surface area is 105 Å². The highest BCUT2D eigenvalue weighted by atomic mass is 79.9. The first-order valence-corrected chi connectivity index (χ1v) is 6.36. The zero-order valence-electron chi connectivity index (χ0n) is 9.08. The number of nitrogens with zero attached hydrogens (tertiary/aromatic N) is 2. The second kappa shape index (κ2) is 6.46. The normalized spacial score (nSPS) is 11.3. The molecule has 0 N–H and O–H groups in total. The predicted octanol–water partition coefficient (Wildman–Crippen LogP) is 3.29. The maximum Gasteiger partial charge on any atom is 0.0544 e. The van der Waals surface area contributed by atoms with E-state index in [9.17, 15) is 0 Å². The van der Waals surface area contributed by atoms with Gasteiger partial charge in [0.05, 0.1) is 5.69 Å². The second-order valence-corrected chi connectivity index (χ2v) is 5.01. The predicted molar refractivity (Wildman–Crippen MR) is 68.2 cm³/mol. The van der Waals surface area contributed by atoms with Gasteiger partial charge in [0.2, 0.25) is 0 Å². The monoisotopic (exact) mass is 290 g/mol. The Morgan fingerprint density at radius 2 is 2.20 bits per heavy atom. The third-order valence-corrected chi connectivity index (χ3v) is 2.89. The maximum atomic E-state index is 5.76. The first-order valence-electron chi connectivity index (χ1n) is 5.04. The molecule has 1 heterocycles. The fourth-order valence-corrected chi connectivity index (χ4v) is 1.79. The van der Waals surface area contributed by atoms with Crippen molar-refractivity contribution in [3.63, 3.8) is 0 Å². The molecule has 0 saturated carbocycles. The highest BCUT2D eigenvalue weighted by Gasteiger charge is 2.09. The van der Waals surface area contributed by atoms with Crippen LogP contribution in [0.1, 0.15) is 19.5 Å². The molecule has 2 nitrogen and oxygen atoms in total. The van der Waals surface area contributed by atoms with E-state index < -0.39 is 0 Å². The number of alkyl halides is 1. The van der Waals surface area contributed by atoms with E-state index >= 15 is 0 Å². The Balaban J connectivity index is 2.61. The van der Waals surface area contributed by atoms with Crippen LogP contribution in [0.5, 0.6) is 0 Å². The van der Waals surface area contributed by atoms with E-state index in [-0.39, 0.29) is 0 Å². The minimum atomic E-state index is 0.495. The van der Waals surface area contributed by atoms with Gasteiger partial charge >= 0.3 is 0 Å². The summed E-state index contributed by atoms with van der Waals surface area (Å²) in [6.45, 7) is 6.10. The molecule has 0 bridgehead atoms. The Bertz CT molecular complexity index is 287. The van der Waals surface area contributed by atoms with Crippen molar-refractivity contribution in [3.8, 4) is 0 Å². The summed E-state index contributed by atoms with van der Waals surface area (Å²) in [7, 11) is 0. The van der Waals surface area contributed by atoms with Crippen molar-refractivity contribution < 1.29 is 0 Å². The standard InChI is InChI=1S/C11H16BrClN2/c1-9(2)15(6-5-13)8-11-4-3-10(12)7-14-11/h3-4,7,9H,5-6,8H2,1-2H3. The molecule has 0 aliphatic rings. The van der Waals surface area contributed by atoms with Gasteiger partial charge in [-0.05, 0) is 41.9 Å². The molecule has 0 spiro atoms. The highest BCUT2D eigenvalue weighted by molar-refractivity contribution is 9.10. The molecule has 0 unspecified atom stereocenters. The molecule has 0 aliphatic heterocycles. The molecule has 0 radical (unpaired) electrons. The van der Waals surface area contributed by atoms with E-state index in [2.05, 4.69) is 39.7 Å². The average Bonchev–Trinajstić information content (AvgIpc) is 2.20. The van der Waals surface area contributed by atoms with Gasteiger partial charge in [0.15, 0.2) is 0 Å². The second-order valence-electron chi connectivity index (χ2n) is 3.72. The van der Waals surface area contributed by atoms with Crippen LogP contribution in [-0.4, -0.2) is 28.4 Å². The molecule has 0 aromatic carbocycles. The minimum absolute atomic E-state index is 0.495. The van der Waals surface area contributed by atoms with Crippen molar-refractivity contribution in [2.45, 2.75) is 26.4 Å². The van der Waals surface area contributed by atoms with E-state index in [0.29, 0.717) is 11.9 Å². The van der Waals surface area contributed by atoms with E-state index in [0.717, 1.165) is 23.3 Å². The largest absolute Gasteiger partial charge is 0.294 e. The van der Waals surface area contributed by atoms with Crippen molar-refractivity contribution >= 4 is 27.5 Å². The molecule has 0 fully saturated rings. The van der Waals surface area contributed by atoms with Crippen molar-refractivity contribution in [1.82, 2.24) is 9.88 Å². The van der Waals surface area contributed by atoms with E-state index in [1.165, 1.54) is 0 Å². The molecule has 0 atom stereocenters. The Hall–Kier alpha value is -0.120. The van der Waals surface area contributed by atoms with Crippen LogP contribution in [0.15, 0.2) is 22.8 Å². The quantitative estimate of drug-likeness (QED) is 0.774. The topological polar surface area (TPSA) is 16.1 Å². The van der Waals surface area contributed by atoms with Gasteiger partial charge in [0.25, 0.3) is 0 Å². The Morgan fingerprint density at radius 3 is 2.67 bits per heavy atom. The number of pyridine rings is 1. The molecule has 0 aliphatic carbocycles. The maximum absolute atomic E-state index is 5.76. The fraction of sp³-hybridized carbons (Fsp3) is 0.545. The third-order valence-electron chi connectivity index (χ3n) is 2.26.